The number of rotatable bonds is 9. The maximum Gasteiger partial charge on any atom is 0.334 e. The van der Waals surface area contributed by atoms with Crippen molar-refractivity contribution in [2.75, 3.05) is 6.54 Å². The van der Waals surface area contributed by atoms with E-state index >= 15 is 0 Å². The third-order valence-electron chi connectivity index (χ3n) is 5.49. The van der Waals surface area contributed by atoms with E-state index in [1.54, 1.807) is 19.9 Å². The van der Waals surface area contributed by atoms with Crippen LogP contribution in [0, 0.1) is 10.1 Å². The van der Waals surface area contributed by atoms with Crippen LogP contribution < -0.4 is 5.32 Å². The van der Waals surface area contributed by atoms with Gasteiger partial charge in [0, 0.05) is 41.2 Å². The fraction of sp³-hybridized carbons (Fsp3) is 0.478. The van der Waals surface area contributed by atoms with Gasteiger partial charge in [0.25, 0.3) is 5.69 Å². The number of nitro benzene ring substituents is 1. The van der Waals surface area contributed by atoms with Crippen molar-refractivity contribution in [3.8, 4) is 0 Å². The molecule has 0 radical (unpaired) electrons. The number of hydrogen-bond donors (Lipinski definition) is 2. The molecule has 2 N–H and O–H groups in total. The minimum atomic E-state index is -1.19. The molecule has 1 aliphatic rings. The van der Waals surface area contributed by atoms with Crippen molar-refractivity contribution in [3.63, 3.8) is 0 Å². The fourth-order valence-electron chi connectivity index (χ4n) is 4.08. The molecule has 0 saturated carbocycles. The first-order chi connectivity index (χ1) is 14.6. The number of hydrogen-bond acceptors (Lipinski definition) is 5. The van der Waals surface area contributed by atoms with Gasteiger partial charge in [-0.1, -0.05) is 38.0 Å². The summed E-state index contributed by atoms with van der Waals surface area (Å²) in [5.74, 6) is -2.65. The number of carboxylic acids is 1. The van der Waals surface area contributed by atoms with Gasteiger partial charge in [-0.25, -0.2) is 4.79 Å². The monoisotopic (exact) mass is 429 g/mol. The summed E-state index contributed by atoms with van der Waals surface area (Å²) in [7, 11) is 0. The fourth-order valence-corrected chi connectivity index (χ4v) is 4.08. The van der Waals surface area contributed by atoms with Crippen molar-refractivity contribution < 1.29 is 19.6 Å². The molecule has 168 valence electrons. The van der Waals surface area contributed by atoms with Crippen LogP contribution in [0.15, 0.2) is 46.8 Å². The highest BCUT2D eigenvalue weighted by molar-refractivity contribution is 6.02. The minimum Gasteiger partial charge on any atom is -0.478 e. The van der Waals surface area contributed by atoms with E-state index in [1.165, 1.54) is 18.2 Å². The molecule has 0 spiro atoms. The van der Waals surface area contributed by atoms with Crippen molar-refractivity contribution in [1.29, 1.82) is 0 Å². The minimum absolute atomic E-state index is 0.00898. The Kier molecular flexibility index (Phi) is 7.96. The van der Waals surface area contributed by atoms with E-state index in [2.05, 4.69) is 12.2 Å². The van der Waals surface area contributed by atoms with Crippen molar-refractivity contribution in [2.45, 2.75) is 65.8 Å². The Bertz CT molecular complexity index is 933. The number of carbonyl (C=O) groups excluding carboxylic acids is 1. The zero-order valence-corrected chi connectivity index (χ0v) is 18.8. The highest BCUT2D eigenvalue weighted by atomic mass is 16.6. The van der Waals surface area contributed by atoms with Crippen LogP contribution in [0.25, 0.3) is 0 Å². The number of carbonyl (C=O) groups is 2. The Hall–Kier alpha value is -3.16. The summed E-state index contributed by atoms with van der Waals surface area (Å²) in [6.45, 7) is 9.77. The predicted octanol–water partition coefficient (Wildman–Crippen LogP) is 4.34. The molecule has 0 aromatic heterocycles. The average Bonchev–Trinajstić information content (AvgIpc) is 2.69. The smallest absolute Gasteiger partial charge is 0.334 e. The molecule has 0 aliphatic carbocycles. The first-order valence-electron chi connectivity index (χ1n) is 10.6. The Morgan fingerprint density at radius 2 is 1.77 bits per heavy atom. The highest BCUT2D eigenvalue weighted by Gasteiger charge is 2.41. The van der Waals surface area contributed by atoms with E-state index in [0.717, 1.165) is 19.3 Å². The van der Waals surface area contributed by atoms with Gasteiger partial charge in [0.2, 0.25) is 5.91 Å². The van der Waals surface area contributed by atoms with Crippen LogP contribution in [0.5, 0.6) is 0 Å². The third-order valence-corrected chi connectivity index (χ3v) is 5.49. The Morgan fingerprint density at radius 3 is 2.32 bits per heavy atom. The standard InChI is InChI=1S/C23H31N3O5/c1-6-7-10-13-25-15(4)19(22(27)24-14(2)3)21(20(16(25)5)23(28)29)17-11-8-9-12-18(17)26(30)31/h8-9,11-12,14,21H,6-7,10,13H2,1-5H3,(H,24,27)(H,28,29). The van der Waals surface area contributed by atoms with Gasteiger partial charge in [-0.15, -0.1) is 0 Å². The maximum atomic E-state index is 13.3. The topological polar surface area (TPSA) is 113 Å². The number of nitrogens with one attached hydrogen (secondary N) is 1. The van der Waals surface area contributed by atoms with Crippen LogP contribution in [-0.2, 0) is 9.59 Å². The average molecular weight is 430 g/mol. The van der Waals surface area contributed by atoms with Crippen molar-refractivity contribution in [2.24, 2.45) is 0 Å². The molecule has 0 fully saturated rings. The zero-order valence-electron chi connectivity index (χ0n) is 18.8. The number of nitrogens with zero attached hydrogens (tertiary/aromatic N) is 2. The molecule has 1 aliphatic heterocycles. The van der Waals surface area contributed by atoms with E-state index in [0.29, 0.717) is 17.9 Å². The van der Waals surface area contributed by atoms with E-state index < -0.39 is 22.7 Å². The summed E-state index contributed by atoms with van der Waals surface area (Å²) < 4.78 is 0. The lowest BCUT2D eigenvalue weighted by atomic mass is 9.78. The quantitative estimate of drug-likeness (QED) is 0.343. The zero-order chi connectivity index (χ0) is 23.3. The summed E-state index contributed by atoms with van der Waals surface area (Å²) in [4.78, 5) is 38.7. The number of aliphatic carboxylic acids is 1. The Balaban J connectivity index is 2.78. The van der Waals surface area contributed by atoms with Crippen LogP contribution in [0.3, 0.4) is 0 Å². The van der Waals surface area contributed by atoms with E-state index in [9.17, 15) is 24.8 Å². The van der Waals surface area contributed by atoms with Crippen LogP contribution in [0.4, 0.5) is 5.69 Å². The molecule has 1 aromatic rings. The number of carboxylic acid groups (broad SMARTS) is 1. The third kappa shape index (κ3) is 5.13. The van der Waals surface area contributed by atoms with Gasteiger partial charge in [-0.2, -0.15) is 0 Å². The molecular formula is C23H31N3O5. The molecule has 31 heavy (non-hydrogen) atoms. The van der Waals surface area contributed by atoms with Crippen molar-refractivity contribution >= 4 is 17.6 Å². The Labute approximate surface area is 182 Å². The van der Waals surface area contributed by atoms with Crippen molar-refractivity contribution in [3.05, 3.63) is 62.5 Å². The van der Waals surface area contributed by atoms with Crippen LogP contribution in [-0.4, -0.2) is 39.4 Å². The van der Waals surface area contributed by atoms with Crippen molar-refractivity contribution in [1.82, 2.24) is 10.2 Å². The molecule has 1 atom stereocenters. The Morgan fingerprint density at radius 1 is 1.16 bits per heavy atom. The first kappa shape index (κ1) is 24.1. The summed E-state index contributed by atoms with van der Waals surface area (Å²) in [5.41, 5.74) is 1.35. The second kappa shape index (κ2) is 10.2. The second-order valence-electron chi connectivity index (χ2n) is 8.04. The number of amides is 1. The van der Waals surface area contributed by atoms with Gasteiger partial charge in [0.1, 0.15) is 0 Å². The largest absolute Gasteiger partial charge is 0.478 e. The molecule has 0 bridgehead atoms. The van der Waals surface area contributed by atoms with E-state index in [1.807, 2.05) is 18.7 Å². The molecule has 1 aromatic carbocycles. The first-order valence-corrected chi connectivity index (χ1v) is 10.6. The van der Waals surface area contributed by atoms with Gasteiger partial charge in [-0.3, -0.25) is 14.9 Å². The second-order valence-corrected chi connectivity index (χ2v) is 8.04. The molecule has 0 saturated heterocycles. The summed E-state index contributed by atoms with van der Waals surface area (Å²) >= 11 is 0. The molecule has 1 amide bonds. The molecule has 8 heteroatoms. The molecule has 8 nitrogen and oxygen atoms in total. The van der Waals surface area contributed by atoms with Gasteiger partial charge in [0.15, 0.2) is 0 Å². The van der Waals surface area contributed by atoms with Gasteiger partial charge < -0.3 is 15.3 Å². The van der Waals surface area contributed by atoms with Gasteiger partial charge in [0.05, 0.1) is 16.4 Å². The summed E-state index contributed by atoms with van der Waals surface area (Å²) in [6, 6.07) is 5.85. The molecule has 1 heterocycles. The number of para-hydroxylation sites is 1. The summed E-state index contributed by atoms with van der Waals surface area (Å²) in [5, 5.41) is 24.7. The lowest BCUT2D eigenvalue weighted by Gasteiger charge is -2.38. The predicted molar refractivity (Wildman–Crippen MR) is 118 cm³/mol. The lowest BCUT2D eigenvalue weighted by molar-refractivity contribution is -0.385. The molecular weight excluding hydrogens is 398 g/mol. The summed E-state index contributed by atoms with van der Waals surface area (Å²) in [6.07, 6.45) is 2.82. The van der Waals surface area contributed by atoms with E-state index in [-0.39, 0.29) is 28.4 Å². The number of allylic oxidation sites excluding steroid dienone is 2. The van der Waals surface area contributed by atoms with Gasteiger partial charge in [-0.05, 0) is 34.1 Å². The number of nitro groups is 1. The SMILES string of the molecule is CCCCCN1C(C)=C(C(=O)O)C(c2ccccc2[N+](=O)[O-])C(C(=O)NC(C)C)=C1C. The molecule has 2 rings (SSSR count). The van der Waals surface area contributed by atoms with Gasteiger partial charge >= 0.3 is 5.97 Å². The maximum absolute atomic E-state index is 13.3. The highest BCUT2D eigenvalue weighted by Crippen LogP contribution is 2.44. The molecule has 1 unspecified atom stereocenters. The number of benzene rings is 1. The van der Waals surface area contributed by atoms with Crippen LogP contribution >= 0.6 is 0 Å². The normalized spacial score (nSPS) is 16.7. The van der Waals surface area contributed by atoms with Crippen LogP contribution in [0.2, 0.25) is 0 Å². The van der Waals surface area contributed by atoms with Crippen LogP contribution in [0.1, 0.15) is 65.4 Å². The lowest BCUT2D eigenvalue weighted by Crippen LogP contribution is -2.40. The number of unbranched alkanes of at least 4 members (excludes halogenated alkanes) is 2. The van der Waals surface area contributed by atoms with E-state index in [4.69, 9.17) is 0 Å².